The summed E-state index contributed by atoms with van der Waals surface area (Å²) in [7, 11) is 1.26. The second-order valence-corrected chi connectivity index (χ2v) is 3.34. The van der Waals surface area contributed by atoms with E-state index in [4.69, 9.17) is 5.73 Å². The topological polar surface area (TPSA) is 61.5 Å². The predicted octanol–water partition coefficient (Wildman–Crippen LogP) is 2.27. The van der Waals surface area contributed by atoms with E-state index in [2.05, 4.69) is 9.47 Å². The fourth-order valence-electron chi connectivity index (χ4n) is 1.30. The van der Waals surface area contributed by atoms with Gasteiger partial charge in [-0.2, -0.15) is 8.78 Å². The minimum absolute atomic E-state index is 0. The number of esters is 1. The first-order valence-electron chi connectivity index (χ1n) is 4.90. The van der Waals surface area contributed by atoms with Gasteiger partial charge in [0.2, 0.25) is 0 Å². The lowest BCUT2D eigenvalue weighted by molar-refractivity contribution is -0.141. The average Bonchev–Trinajstić information content (AvgIpc) is 2.28. The van der Waals surface area contributed by atoms with Crippen molar-refractivity contribution >= 4 is 18.4 Å². The minimum Gasteiger partial charge on any atom is -0.469 e. The number of methoxy groups -OCH3 is 1. The van der Waals surface area contributed by atoms with E-state index < -0.39 is 18.6 Å². The molecule has 0 amide bonds. The molecule has 102 valence electrons. The number of alkyl halides is 2. The molecular weight excluding hydrogens is 268 g/mol. The highest BCUT2D eigenvalue weighted by Crippen LogP contribution is 2.21. The number of nitrogens with two attached hydrogens (primary N) is 1. The van der Waals surface area contributed by atoms with Crippen molar-refractivity contribution in [2.45, 2.75) is 19.1 Å². The van der Waals surface area contributed by atoms with Crippen molar-refractivity contribution in [2.24, 2.45) is 5.73 Å². The van der Waals surface area contributed by atoms with Crippen molar-refractivity contribution in [3.05, 3.63) is 29.8 Å². The number of hydrogen-bond acceptors (Lipinski definition) is 4. The van der Waals surface area contributed by atoms with Crippen LogP contribution in [0.2, 0.25) is 0 Å². The Labute approximate surface area is 109 Å². The molecule has 0 saturated carbocycles. The van der Waals surface area contributed by atoms with Gasteiger partial charge in [-0.05, 0) is 17.7 Å². The molecule has 0 aromatic heterocycles. The van der Waals surface area contributed by atoms with E-state index in [0.717, 1.165) is 0 Å². The fourth-order valence-corrected chi connectivity index (χ4v) is 1.30. The SMILES string of the molecule is COC(=O)C[C@@H](N)c1cccc(OC(F)F)c1.Cl. The van der Waals surface area contributed by atoms with Crippen LogP contribution in [-0.4, -0.2) is 19.7 Å². The van der Waals surface area contributed by atoms with Crippen molar-refractivity contribution in [3.8, 4) is 5.75 Å². The third-order valence-corrected chi connectivity index (χ3v) is 2.13. The van der Waals surface area contributed by atoms with Crippen LogP contribution >= 0.6 is 12.4 Å². The third kappa shape index (κ3) is 5.29. The zero-order valence-electron chi connectivity index (χ0n) is 9.64. The van der Waals surface area contributed by atoms with Gasteiger partial charge in [0.05, 0.1) is 13.5 Å². The normalized spacial score (nSPS) is 11.6. The van der Waals surface area contributed by atoms with Crippen LogP contribution in [0.15, 0.2) is 24.3 Å². The zero-order chi connectivity index (χ0) is 12.8. The number of hydrogen-bond donors (Lipinski definition) is 1. The molecule has 1 aromatic rings. The van der Waals surface area contributed by atoms with Gasteiger partial charge in [-0.15, -0.1) is 12.4 Å². The number of carbonyl (C=O) groups is 1. The van der Waals surface area contributed by atoms with Crippen LogP contribution in [-0.2, 0) is 9.53 Å². The molecule has 0 aliphatic rings. The summed E-state index contributed by atoms with van der Waals surface area (Å²) >= 11 is 0. The third-order valence-electron chi connectivity index (χ3n) is 2.13. The molecule has 0 aliphatic heterocycles. The fraction of sp³-hybridized carbons (Fsp3) is 0.364. The summed E-state index contributed by atoms with van der Waals surface area (Å²) in [6.07, 6.45) is -0.0192. The molecule has 0 heterocycles. The summed E-state index contributed by atoms with van der Waals surface area (Å²) in [6.45, 7) is -2.89. The summed E-state index contributed by atoms with van der Waals surface area (Å²) in [6, 6.07) is 5.32. The van der Waals surface area contributed by atoms with E-state index in [1.807, 2.05) is 0 Å². The molecule has 18 heavy (non-hydrogen) atoms. The van der Waals surface area contributed by atoms with Crippen molar-refractivity contribution in [3.63, 3.8) is 0 Å². The maximum Gasteiger partial charge on any atom is 0.387 e. The predicted molar refractivity (Wildman–Crippen MR) is 63.9 cm³/mol. The van der Waals surface area contributed by atoms with Crippen LogP contribution in [0.25, 0.3) is 0 Å². The Kier molecular flexibility index (Phi) is 7.23. The standard InChI is InChI=1S/C11H13F2NO3.ClH/c1-16-10(15)6-9(14)7-3-2-4-8(5-7)17-11(12)13;/h2-5,9,11H,6,14H2,1H3;1H/t9-;/m1./s1. The van der Waals surface area contributed by atoms with Crippen LogP contribution in [0, 0.1) is 0 Å². The Hall–Kier alpha value is -1.40. The molecule has 7 heteroatoms. The molecule has 0 aliphatic carbocycles. The highest BCUT2D eigenvalue weighted by Gasteiger charge is 2.13. The van der Waals surface area contributed by atoms with Gasteiger partial charge in [0.25, 0.3) is 0 Å². The smallest absolute Gasteiger partial charge is 0.387 e. The first-order valence-corrected chi connectivity index (χ1v) is 4.90. The van der Waals surface area contributed by atoms with Gasteiger partial charge in [-0.1, -0.05) is 12.1 Å². The second kappa shape index (κ2) is 7.84. The first kappa shape index (κ1) is 16.6. The van der Waals surface area contributed by atoms with Crippen molar-refractivity contribution in [1.82, 2.24) is 0 Å². The molecule has 0 spiro atoms. The lowest BCUT2D eigenvalue weighted by Gasteiger charge is -2.12. The van der Waals surface area contributed by atoms with E-state index in [1.54, 1.807) is 6.07 Å². The largest absolute Gasteiger partial charge is 0.469 e. The van der Waals surface area contributed by atoms with E-state index in [1.165, 1.54) is 25.3 Å². The molecule has 1 atom stereocenters. The van der Waals surface area contributed by atoms with Gasteiger partial charge in [-0.25, -0.2) is 0 Å². The van der Waals surface area contributed by atoms with Crippen LogP contribution in [0.1, 0.15) is 18.0 Å². The Morgan fingerprint density at radius 1 is 1.44 bits per heavy atom. The van der Waals surface area contributed by atoms with E-state index in [0.29, 0.717) is 5.56 Å². The van der Waals surface area contributed by atoms with Gasteiger partial charge >= 0.3 is 12.6 Å². The summed E-state index contributed by atoms with van der Waals surface area (Å²) in [5, 5.41) is 0. The lowest BCUT2D eigenvalue weighted by Crippen LogP contribution is -2.16. The number of carbonyl (C=O) groups excluding carboxylic acids is 1. The highest BCUT2D eigenvalue weighted by molar-refractivity contribution is 5.85. The van der Waals surface area contributed by atoms with Crippen LogP contribution in [0.4, 0.5) is 8.78 Å². The molecule has 0 radical (unpaired) electrons. The van der Waals surface area contributed by atoms with E-state index >= 15 is 0 Å². The molecule has 0 saturated heterocycles. The average molecular weight is 282 g/mol. The zero-order valence-corrected chi connectivity index (χ0v) is 10.5. The van der Waals surface area contributed by atoms with Crippen molar-refractivity contribution in [1.29, 1.82) is 0 Å². The quantitative estimate of drug-likeness (QED) is 0.841. The number of rotatable bonds is 5. The summed E-state index contributed by atoms with van der Waals surface area (Å²) < 4.78 is 32.7. The maximum atomic E-state index is 12.0. The van der Waals surface area contributed by atoms with Gasteiger partial charge in [0.1, 0.15) is 5.75 Å². The van der Waals surface area contributed by atoms with Crippen molar-refractivity contribution < 1.29 is 23.0 Å². The van der Waals surface area contributed by atoms with Gasteiger partial charge < -0.3 is 15.2 Å². The molecular formula is C11H14ClF2NO3. The van der Waals surface area contributed by atoms with Crippen molar-refractivity contribution in [2.75, 3.05) is 7.11 Å². The van der Waals surface area contributed by atoms with Crippen LogP contribution in [0.3, 0.4) is 0 Å². The Bertz CT molecular complexity index is 390. The molecule has 0 bridgehead atoms. The molecule has 0 fully saturated rings. The molecule has 0 unspecified atom stereocenters. The van der Waals surface area contributed by atoms with E-state index in [9.17, 15) is 13.6 Å². The molecule has 4 nitrogen and oxygen atoms in total. The van der Waals surface area contributed by atoms with Crippen LogP contribution < -0.4 is 10.5 Å². The summed E-state index contributed by atoms with van der Waals surface area (Å²) in [5.74, 6) is -0.449. The van der Waals surface area contributed by atoms with Gasteiger partial charge in [-0.3, -0.25) is 4.79 Å². The molecule has 1 rings (SSSR count). The Balaban J connectivity index is 0.00000289. The Morgan fingerprint density at radius 2 is 2.11 bits per heavy atom. The maximum absolute atomic E-state index is 12.0. The molecule has 2 N–H and O–H groups in total. The summed E-state index contributed by atoms with van der Waals surface area (Å²) in [5.41, 5.74) is 6.26. The first-order chi connectivity index (χ1) is 8.02. The number of benzene rings is 1. The monoisotopic (exact) mass is 281 g/mol. The summed E-state index contributed by atoms with van der Waals surface area (Å²) in [4.78, 5) is 11.0. The minimum atomic E-state index is -2.89. The van der Waals surface area contributed by atoms with Gasteiger partial charge in [0, 0.05) is 6.04 Å². The van der Waals surface area contributed by atoms with Crippen LogP contribution in [0.5, 0.6) is 5.75 Å². The number of ether oxygens (including phenoxy) is 2. The highest BCUT2D eigenvalue weighted by atomic mass is 35.5. The Morgan fingerprint density at radius 3 is 2.67 bits per heavy atom. The second-order valence-electron chi connectivity index (χ2n) is 3.34. The lowest BCUT2D eigenvalue weighted by atomic mass is 10.0. The number of halogens is 3. The van der Waals surface area contributed by atoms with E-state index in [-0.39, 0.29) is 24.6 Å². The molecule has 1 aromatic carbocycles. The van der Waals surface area contributed by atoms with Gasteiger partial charge in [0.15, 0.2) is 0 Å².